The molecule has 0 atom stereocenters. The van der Waals surface area contributed by atoms with E-state index in [4.69, 9.17) is 14.2 Å². The highest BCUT2D eigenvalue weighted by molar-refractivity contribution is 6.26. The lowest BCUT2D eigenvalue weighted by Gasteiger charge is -2.21. The van der Waals surface area contributed by atoms with Crippen LogP contribution in [0.15, 0.2) is 30.5 Å². The first-order valence-electron chi connectivity index (χ1n) is 7.36. The van der Waals surface area contributed by atoms with Crippen molar-refractivity contribution in [2.75, 3.05) is 13.9 Å². The third-order valence-electron chi connectivity index (χ3n) is 4.44. The number of aromatic hydroxyl groups is 1. The fraction of sp³-hybridized carbons (Fsp3) is 0.111. The Kier molecular flexibility index (Phi) is 2.41. The van der Waals surface area contributed by atoms with Crippen molar-refractivity contribution in [3.63, 3.8) is 0 Å². The Balaban J connectivity index is 2.00. The number of methoxy groups -OCH3 is 1. The van der Waals surface area contributed by atoms with Crippen LogP contribution in [0.2, 0.25) is 0 Å². The SMILES string of the molecule is COc1cc2c(cc1O)C(=O)c1nccc3cc4c(c-2c13)OCO4. The van der Waals surface area contributed by atoms with Crippen LogP contribution in [0.5, 0.6) is 23.0 Å². The lowest BCUT2D eigenvalue weighted by atomic mass is 9.84. The van der Waals surface area contributed by atoms with Crippen LogP contribution in [0.25, 0.3) is 21.9 Å². The fourth-order valence-corrected chi connectivity index (χ4v) is 3.39. The standard InChI is InChI=1S/C18H11NO5/c1-22-12-6-9-10(5-11(12)20)17(21)16-14-8(2-3-19-16)4-13-18(15(9)14)24-7-23-13/h2-6,20H,7H2,1H3. The maximum Gasteiger partial charge on any atom is 0.231 e. The van der Waals surface area contributed by atoms with Crippen LogP contribution in [0.4, 0.5) is 0 Å². The van der Waals surface area contributed by atoms with Crippen molar-refractivity contribution in [3.05, 3.63) is 41.7 Å². The number of rotatable bonds is 1. The van der Waals surface area contributed by atoms with E-state index in [-0.39, 0.29) is 18.3 Å². The van der Waals surface area contributed by atoms with E-state index in [1.807, 2.05) is 12.1 Å². The summed E-state index contributed by atoms with van der Waals surface area (Å²) in [6.07, 6.45) is 1.59. The molecule has 0 unspecified atom stereocenters. The van der Waals surface area contributed by atoms with Crippen LogP contribution >= 0.6 is 0 Å². The molecular formula is C18H11NO5. The molecule has 6 nitrogen and oxygen atoms in total. The molecule has 3 aromatic rings. The van der Waals surface area contributed by atoms with E-state index < -0.39 is 0 Å². The number of phenolic OH excluding ortho intramolecular Hbond substituents is 1. The largest absolute Gasteiger partial charge is 0.504 e. The number of hydrogen-bond acceptors (Lipinski definition) is 6. The lowest BCUT2D eigenvalue weighted by molar-refractivity contribution is 0.103. The molecule has 6 heteroatoms. The van der Waals surface area contributed by atoms with E-state index in [0.29, 0.717) is 34.1 Å². The van der Waals surface area contributed by atoms with E-state index in [1.165, 1.54) is 13.2 Å². The third-order valence-corrected chi connectivity index (χ3v) is 4.44. The lowest BCUT2D eigenvalue weighted by Crippen LogP contribution is -2.12. The third kappa shape index (κ3) is 1.49. The summed E-state index contributed by atoms with van der Waals surface area (Å²) in [5.74, 6) is 1.17. The maximum absolute atomic E-state index is 12.9. The van der Waals surface area contributed by atoms with Gasteiger partial charge in [0.1, 0.15) is 5.69 Å². The van der Waals surface area contributed by atoms with Gasteiger partial charge in [-0.05, 0) is 29.7 Å². The Labute approximate surface area is 136 Å². The highest BCUT2D eigenvalue weighted by Gasteiger charge is 2.33. The number of ketones is 1. The number of benzene rings is 2. The zero-order valence-electron chi connectivity index (χ0n) is 12.6. The second kappa shape index (κ2) is 4.38. The molecule has 2 aliphatic rings. The molecule has 2 aromatic carbocycles. The zero-order valence-corrected chi connectivity index (χ0v) is 12.6. The highest BCUT2D eigenvalue weighted by atomic mass is 16.7. The average molecular weight is 321 g/mol. The molecule has 1 aliphatic carbocycles. The molecule has 118 valence electrons. The number of carbonyl (C=O) groups excluding carboxylic acids is 1. The van der Waals surface area contributed by atoms with Crippen LogP contribution in [0.3, 0.4) is 0 Å². The molecular weight excluding hydrogens is 310 g/mol. The van der Waals surface area contributed by atoms with Crippen molar-refractivity contribution in [3.8, 4) is 34.1 Å². The maximum atomic E-state index is 12.9. The topological polar surface area (TPSA) is 77.9 Å². The van der Waals surface area contributed by atoms with E-state index in [2.05, 4.69) is 4.98 Å². The van der Waals surface area contributed by atoms with Crippen LogP contribution < -0.4 is 14.2 Å². The van der Waals surface area contributed by atoms with Crippen LogP contribution in [0, 0.1) is 0 Å². The van der Waals surface area contributed by atoms with E-state index >= 15 is 0 Å². The quantitative estimate of drug-likeness (QED) is 0.581. The van der Waals surface area contributed by atoms with Gasteiger partial charge in [-0.2, -0.15) is 0 Å². The van der Waals surface area contributed by atoms with Gasteiger partial charge < -0.3 is 19.3 Å². The molecule has 0 saturated carbocycles. The Morgan fingerprint density at radius 1 is 1.21 bits per heavy atom. The normalized spacial score (nSPS) is 14.0. The molecule has 0 radical (unpaired) electrons. The Bertz CT molecular complexity index is 1060. The van der Waals surface area contributed by atoms with Gasteiger partial charge in [0.15, 0.2) is 23.0 Å². The summed E-state index contributed by atoms with van der Waals surface area (Å²) in [4.78, 5) is 17.1. The number of aromatic nitrogens is 1. The van der Waals surface area contributed by atoms with Crippen molar-refractivity contribution in [1.82, 2.24) is 4.98 Å². The van der Waals surface area contributed by atoms with Gasteiger partial charge >= 0.3 is 0 Å². The summed E-state index contributed by atoms with van der Waals surface area (Å²) in [7, 11) is 1.46. The number of hydrogen-bond donors (Lipinski definition) is 1. The second-order valence-electron chi connectivity index (χ2n) is 5.64. The number of fused-ring (bicyclic) bond motifs is 4. The number of pyridine rings is 1. The van der Waals surface area contributed by atoms with Crippen molar-refractivity contribution < 1.29 is 24.1 Å². The molecule has 0 bridgehead atoms. The second-order valence-corrected chi connectivity index (χ2v) is 5.64. The Morgan fingerprint density at radius 2 is 2.08 bits per heavy atom. The molecule has 0 fully saturated rings. The minimum atomic E-state index is -0.236. The van der Waals surface area contributed by atoms with E-state index in [1.54, 1.807) is 12.3 Å². The van der Waals surface area contributed by atoms with Gasteiger partial charge in [0.05, 0.1) is 7.11 Å². The zero-order chi connectivity index (χ0) is 16.4. The molecule has 1 aromatic heterocycles. The Hall–Kier alpha value is -3.28. The monoisotopic (exact) mass is 321 g/mol. The van der Waals surface area contributed by atoms with Crippen LogP contribution in [-0.4, -0.2) is 29.8 Å². The first-order valence-corrected chi connectivity index (χ1v) is 7.36. The predicted octanol–water partition coefficient (Wildman–Crippen LogP) is 2.89. The number of ether oxygens (including phenoxy) is 3. The molecule has 2 heterocycles. The molecule has 1 aliphatic heterocycles. The summed E-state index contributed by atoms with van der Waals surface area (Å²) in [5, 5.41) is 11.6. The van der Waals surface area contributed by atoms with Gasteiger partial charge in [-0.1, -0.05) is 0 Å². The molecule has 5 rings (SSSR count). The van der Waals surface area contributed by atoms with Crippen molar-refractivity contribution >= 4 is 16.6 Å². The summed E-state index contributed by atoms with van der Waals surface area (Å²) < 4.78 is 16.4. The highest BCUT2D eigenvalue weighted by Crippen LogP contribution is 2.51. The smallest absolute Gasteiger partial charge is 0.231 e. The number of carbonyl (C=O) groups is 1. The fourth-order valence-electron chi connectivity index (χ4n) is 3.39. The van der Waals surface area contributed by atoms with Crippen molar-refractivity contribution in [2.45, 2.75) is 0 Å². The van der Waals surface area contributed by atoms with Crippen LogP contribution in [-0.2, 0) is 0 Å². The first kappa shape index (κ1) is 13.2. The molecule has 0 saturated heterocycles. The summed E-state index contributed by atoms with van der Waals surface area (Å²) in [6.45, 7) is 0.125. The minimum absolute atomic E-state index is 0.0926. The summed E-state index contributed by atoms with van der Waals surface area (Å²) >= 11 is 0. The number of nitrogens with zero attached hydrogens (tertiary/aromatic N) is 1. The molecule has 0 amide bonds. The van der Waals surface area contributed by atoms with Gasteiger partial charge in [0.2, 0.25) is 12.6 Å². The van der Waals surface area contributed by atoms with Gasteiger partial charge in [0, 0.05) is 28.3 Å². The van der Waals surface area contributed by atoms with E-state index in [9.17, 15) is 9.90 Å². The van der Waals surface area contributed by atoms with E-state index in [0.717, 1.165) is 16.3 Å². The first-order chi connectivity index (χ1) is 11.7. The molecule has 24 heavy (non-hydrogen) atoms. The van der Waals surface area contributed by atoms with Gasteiger partial charge in [0.25, 0.3) is 0 Å². The molecule has 0 spiro atoms. The summed E-state index contributed by atoms with van der Waals surface area (Å²) in [6, 6.07) is 6.74. The minimum Gasteiger partial charge on any atom is -0.504 e. The predicted molar refractivity (Wildman–Crippen MR) is 85.0 cm³/mol. The number of phenols is 1. The van der Waals surface area contributed by atoms with Gasteiger partial charge in [-0.3, -0.25) is 9.78 Å². The van der Waals surface area contributed by atoms with Crippen molar-refractivity contribution in [2.24, 2.45) is 0 Å². The van der Waals surface area contributed by atoms with Gasteiger partial charge in [-0.15, -0.1) is 0 Å². The Morgan fingerprint density at radius 3 is 2.92 bits per heavy atom. The molecule has 1 N–H and O–H groups in total. The van der Waals surface area contributed by atoms with Gasteiger partial charge in [-0.25, -0.2) is 0 Å². The van der Waals surface area contributed by atoms with Crippen LogP contribution in [0.1, 0.15) is 16.1 Å². The average Bonchev–Trinajstić information content (AvgIpc) is 3.06. The summed E-state index contributed by atoms with van der Waals surface area (Å²) in [5.41, 5.74) is 2.10. The van der Waals surface area contributed by atoms with Crippen molar-refractivity contribution in [1.29, 1.82) is 0 Å².